The van der Waals surface area contributed by atoms with Crippen molar-refractivity contribution in [3.8, 4) is 0 Å². The highest BCUT2D eigenvalue weighted by molar-refractivity contribution is 5.04. The molecule has 2 bridgehead atoms. The molecular formula is C17H29FO. The third-order valence-electron chi connectivity index (χ3n) is 6.27. The van der Waals surface area contributed by atoms with E-state index in [0.717, 1.165) is 24.7 Å². The van der Waals surface area contributed by atoms with Gasteiger partial charge >= 0.3 is 0 Å². The molecule has 0 heterocycles. The van der Waals surface area contributed by atoms with E-state index in [-0.39, 0.29) is 11.5 Å². The van der Waals surface area contributed by atoms with E-state index in [1.807, 2.05) is 6.92 Å². The van der Waals surface area contributed by atoms with E-state index in [9.17, 15) is 4.39 Å². The van der Waals surface area contributed by atoms with Gasteiger partial charge in [0.1, 0.15) is 5.67 Å². The van der Waals surface area contributed by atoms with Crippen LogP contribution >= 0.6 is 0 Å². The van der Waals surface area contributed by atoms with Gasteiger partial charge in [-0.25, -0.2) is 4.39 Å². The zero-order chi connectivity index (χ0) is 13.7. The lowest BCUT2D eigenvalue weighted by molar-refractivity contribution is -0.105. The Labute approximate surface area is 117 Å². The van der Waals surface area contributed by atoms with Crippen LogP contribution < -0.4 is 0 Å². The highest BCUT2D eigenvalue weighted by Crippen LogP contribution is 2.53. The number of alkyl halides is 1. The third-order valence-corrected chi connectivity index (χ3v) is 6.27. The fraction of sp³-hybridized carbons (Fsp3) is 1.00. The molecule has 0 amide bonds. The summed E-state index contributed by atoms with van der Waals surface area (Å²) in [4.78, 5) is 0. The molecule has 1 nitrogen and oxygen atoms in total. The molecule has 2 heteroatoms. The maximum absolute atomic E-state index is 15.0. The van der Waals surface area contributed by atoms with Gasteiger partial charge in [0.15, 0.2) is 0 Å². The van der Waals surface area contributed by atoms with Crippen LogP contribution in [0.2, 0.25) is 0 Å². The van der Waals surface area contributed by atoms with Crippen LogP contribution in [0, 0.1) is 17.8 Å². The molecule has 6 unspecified atom stereocenters. The van der Waals surface area contributed by atoms with Crippen LogP contribution in [0.15, 0.2) is 0 Å². The van der Waals surface area contributed by atoms with Crippen molar-refractivity contribution in [2.75, 3.05) is 0 Å². The van der Waals surface area contributed by atoms with Crippen molar-refractivity contribution in [3.05, 3.63) is 0 Å². The van der Waals surface area contributed by atoms with Crippen molar-refractivity contribution in [3.63, 3.8) is 0 Å². The van der Waals surface area contributed by atoms with Gasteiger partial charge < -0.3 is 4.74 Å². The molecule has 0 N–H and O–H groups in total. The van der Waals surface area contributed by atoms with Gasteiger partial charge in [0.25, 0.3) is 0 Å². The van der Waals surface area contributed by atoms with Crippen molar-refractivity contribution in [1.82, 2.24) is 0 Å². The summed E-state index contributed by atoms with van der Waals surface area (Å²) in [6, 6.07) is 0. The fourth-order valence-electron chi connectivity index (χ4n) is 5.25. The van der Waals surface area contributed by atoms with E-state index >= 15 is 0 Å². The summed E-state index contributed by atoms with van der Waals surface area (Å²) in [5, 5.41) is 0. The molecule has 0 aromatic carbocycles. The molecule has 3 rings (SSSR count). The average Bonchev–Trinajstić information content (AvgIpc) is 3.03. The zero-order valence-corrected chi connectivity index (χ0v) is 12.8. The highest BCUT2D eigenvalue weighted by Gasteiger charge is 2.54. The van der Waals surface area contributed by atoms with Gasteiger partial charge in [0.2, 0.25) is 0 Å². The van der Waals surface area contributed by atoms with E-state index in [2.05, 4.69) is 13.8 Å². The van der Waals surface area contributed by atoms with E-state index in [1.165, 1.54) is 25.7 Å². The Morgan fingerprint density at radius 1 is 1.21 bits per heavy atom. The van der Waals surface area contributed by atoms with Gasteiger partial charge in [-0.1, -0.05) is 20.3 Å². The SMILES string of the molecule is CCC1CC(C)(OC2CC3CCC2C3)CC1(F)CC. The normalized spacial score (nSPS) is 53.1. The number of halogens is 1. The molecular weight excluding hydrogens is 239 g/mol. The summed E-state index contributed by atoms with van der Waals surface area (Å²) in [5.74, 6) is 1.88. The van der Waals surface area contributed by atoms with E-state index in [0.29, 0.717) is 18.9 Å². The van der Waals surface area contributed by atoms with Crippen molar-refractivity contribution in [1.29, 1.82) is 0 Å². The van der Waals surface area contributed by atoms with Crippen LogP contribution in [-0.2, 0) is 4.74 Å². The molecule has 19 heavy (non-hydrogen) atoms. The van der Waals surface area contributed by atoms with E-state index in [1.54, 1.807) is 0 Å². The van der Waals surface area contributed by atoms with Gasteiger partial charge in [-0.3, -0.25) is 0 Å². The Kier molecular flexibility index (Phi) is 3.44. The molecule has 3 saturated carbocycles. The quantitative estimate of drug-likeness (QED) is 0.705. The Bertz CT molecular complexity index is 344. The van der Waals surface area contributed by atoms with Gasteiger partial charge in [-0.15, -0.1) is 0 Å². The lowest BCUT2D eigenvalue weighted by atomic mass is 9.88. The first-order chi connectivity index (χ1) is 8.98. The summed E-state index contributed by atoms with van der Waals surface area (Å²) in [5.41, 5.74) is -1.19. The monoisotopic (exact) mass is 268 g/mol. The Morgan fingerprint density at radius 3 is 2.47 bits per heavy atom. The van der Waals surface area contributed by atoms with Crippen molar-refractivity contribution >= 4 is 0 Å². The number of hydrogen-bond donors (Lipinski definition) is 0. The van der Waals surface area contributed by atoms with E-state index in [4.69, 9.17) is 4.74 Å². The molecule has 0 aliphatic heterocycles. The molecule has 6 atom stereocenters. The van der Waals surface area contributed by atoms with Gasteiger partial charge in [0, 0.05) is 6.42 Å². The summed E-state index contributed by atoms with van der Waals surface area (Å²) in [7, 11) is 0. The number of fused-ring (bicyclic) bond motifs is 2. The molecule has 0 saturated heterocycles. The Hall–Kier alpha value is -0.110. The molecule has 0 aromatic rings. The van der Waals surface area contributed by atoms with Crippen LogP contribution in [0.25, 0.3) is 0 Å². The first-order valence-electron chi connectivity index (χ1n) is 8.35. The highest BCUT2D eigenvalue weighted by atomic mass is 19.1. The number of rotatable bonds is 4. The van der Waals surface area contributed by atoms with Crippen LogP contribution in [-0.4, -0.2) is 17.4 Å². The molecule has 3 aliphatic rings. The topological polar surface area (TPSA) is 9.23 Å². The Morgan fingerprint density at radius 2 is 2.00 bits per heavy atom. The first-order valence-corrected chi connectivity index (χ1v) is 8.35. The smallest absolute Gasteiger partial charge is 0.116 e. The minimum absolute atomic E-state index is 0.195. The third kappa shape index (κ3) is 2.34. The van der Waals surface area contributed by atoms with Crippen molar-refractivity contribution in [2.24, 2.45) is 17.8 Å². The predicted octanol–water partition coefficient (Wildman–Crippen LogP) is 4.89. The lowest BCUT2D eigenvalue weighted by Gasteiger charge is -2.33. The maximum atomic E-state index is 15.0. The van der Waals surface area contributed by atoms with Crippen LogP contribution in [0.4, 0.5) is 4.39 Å². The molecule has 110 valence electrons. The first kappa shape index (κ1) is 13.9. The second-order valence-electron chi connectivity index (χ2n) is 7.66. The Balaban J connectivity index is 1.67. The summed E-state index contributed by atoms with van der Waals surface area (Å²) >= 11 is 0. The lowest BCUT2D eigenvalue weighted by Crippen LogP contribution is -2.35. The second-order valence-corrected chi connectivity index (χ2v) is 7.66. The minimum atomic E-state index is -0.985. The van der Waals surface area contributed by atoms with Gasteiger partial charge in [-0.2, -0.15) is 0 Å². The second kappa shape index (κ2) is 4.72. The van der Waals surface area contributed by atoms with E-state index < -0.39 is 5.67 Å². The molecule has 3 fully saturated rings. The maximum Gasteiger partial charge on any atom is 0.116 e. The molecule has 0 radical (unpaired) electrons. The standard InChI is InChI=1S/C17H29FO/c1-4-14-10-16(3,11-17(14,18)5-2)19-15-9-12-6-7-13(15)8-12/h12-15H,4-11H2,1-3H3. The van der Waals surface area contributed by atoms with Gasteiger partial charge in [-0.05, 0) is 63.2 Å². The zero-order valence-electron chi connectivity index (χ0n) is 12.8. The van der Waals surface area contributed by atoms with Crippen LogP contribution in [0.5, 0.6) is 0 Å². The minimum Gasteiger partial charge on any atom is -0.372 e. The largest absolute Gasteiger partial charge is 0.372 e. The number of hydrogen-bond acceptors (Lipinski definition) is 1. The van der Waals surface area contributed by atoms with Crippen molar-refractivity contribution < 1.29 is 9.13 Å². The average molecular weight is 268 g/mol. The van der Waals surface area contributed by atoms with Crippen LogP contribution in [0.1, 0.15) is 72.1 Å². The molecule has 3 aliphatic carbocycles. The number of ether oxygens (including phenoxy) is 1. The van der Waals surface area contributed by atoms with Crippen molar-refractivity contribution in [2.45, 2.75) is 89.5 Å². The fourth-order valence-corrected chi connectivity index (χ4v) is 5.25. The summed E-state index contributed by atoms with van der Waals surface area (Å²) < 4.78 is 21.5. The summed E-state index contributed by atoms with van der Waals surface area (Å²) in [6.45, 7) is 6.28. The molecule has 0 aromatic heterocycles. The van der Waals surface area contributed by atoms with Gasteiger partial charge in [0.05, 0.1) is 11.7 Å². The predicted molar refractivity (Wildman–Crippen MR) is 75.9 cm³/mol. The summed E-state index contributed by atoms with van der Waals surface area (Å²) in [6.07, 6.45) is 8.90. The molecule has 0 spiro atoms. The van der Waals surface area contributed by atoms with Crippen LogP contribution in [0.3, 0.4) is 0 Å².